The number of ketones is 1. The van der Waals surface area contributed by atoms with Gasteiger partial charge in [-0.1, -0.05) is 13.3 Å². The zero-order chi connectivity index (χ0) is 7.14. The van der Waals surface area contributed by atoms with Gasteiger partial charge in [-0.15, -0.1) is 0 Å². The molecule has 10 heavy (non-hydrogen) atoms. The molecule has 0 saturated heterocycles. The molecule has 2 aliphatic rings. The van der Waals surface area contributed by atoms with Crippen LogP contribution in [0.3, 0.4) is 0 Å². The van der Waals surface area contributed by atoms with Crippen molar-refractivity contribution in [2.45, 2.75) is 32.6 Å². The van der Waals surface area contributed by atoms with Crippen LogP contribution in [0.15, 0.2) is 0 Å². The highest BCUT2D eigenvalue weighted by molar-refractivity contribution is 5.85. The van der Waals surface area contributed by atoms with Crippen LogP contribution in [0.4, 0.5) is 0 Å². The van der Waals surface area contributed by atoms with Crippen molar-refractivity contribution in [1.29, 1.82) is 0 Å². The van der Waals surface area contributed by atoms with Crippen LogP contribution in [0.25, 0.3) is 0 Å². The Morgan fingerprint density at radius 3 is 2.80 bits per heavy atom. The van der Waals surface area contributed by atoms with Gasteiger partial charge in [-0.25, -0.2) is 0 Å². The lowest BCUT2D eigenvalue weighted by molar-refractivity contribution is -0.123. The zero-order valence-corrected chi connectivity index (χ0v) is 6.47. The molecule has 2 bridgehead atoms. The minimum absolute atomic E-state index is 0.396. The molecule has 56 valence electrons. The van der Waals surface area contributed by atoms with Gasteiger partial charge in [0.1, 0.15) is 5.78 Å². The Bertz CT molecular complexity index is 158. The third kappa shape index (κ3) is 0.727. The molecule has 1 nitrogen and oxygen atoms in total. The van der Waals surface area contributed by atoms with E-state index >= 15 is 0 Å². The lowest BCUT2D eigenvalue weighted by Gasteiger charge is -2.17. The number of Topliss-reactive ketones (excluding diaryl/α,β-unsaturated/α-hetero) is 1. The number of hydrogen-bond donors (Lipinski definition) is 0. The third-order valence-corrected chi connectivity index (χ3v) is 3.27. The van der Waals surface area contributed by atoms with Crippen LogP contribution in [0, 0.1) is 17.8 Å². The van der Waals surface area contributed by atoms with E-state index in [0.29, 0.717) is 17.6 Å². The molecular formula is C9H14O. The molecule has 0 aromatic rings. The first kappa shape index (κ1) is 6.38. The number of carbonyl (C=O) groups excluding carboxylic acids is 1. The van der Waals surface area contributed by atoms with E-state index in [9.17, 15) is 4.79 Å². The molecule has 0 unspecified atom stereocenters. The largest absolute Gasteiger partial charge is 0.299 e. The molecule has 2 aliphatic carbocycles. The fraction of sp³-hybridized carbons (Fsp3) is 0.889. The van der Waals surface area contributed by atoms with Gasteiger partial charge in [0.25, 0.3) is 0 Å². The van der Waals surface area contributed by atoms with Gasteiger partial charge < -0.3 is 0 Å². The minimum Gasteiger partial charge on any atom is -0.299 e. The molecule has 2 saturated carbocycles. The summed E-state index contributed by atoms with van der Waals surface area (Å²) in [6, 6.07) is 0. The van der Waals surface area contributed by atoms with Gasteiger partial charge in [0.15, 0.2) is 0 Å². The molecule has 0 aliphatic heterocycles. The summed E-state index contributed by atoms with van der Waals surface area (Å²) in [7, 11) is 0. The van der Waals surface area contributed by atoms with Crippen molar-refractivity contribution in [2.24, 2.45) is 17.8 Å². The van der Waals surface area contributed by atoms with E-state index in [1.165, 1.54) is 25.7 Å². The van der Waals surface area contributed by atoms with Crippen LogP contribution in [0.2, 0.25) is 0 Å². The van der Waals surface area contributed by atoms with E-state index in [0.717, 1.165) is 5.92 Å². The second-order valence-corrected chi connectivity index (χ2v) is 3.81. The summed E-state index contributed by atoms with van der Waals surface area (Å²) >= 11 is 0. The molecule has 0 aromatic carbocycles. The Kier molecular flexibility index (Phi) is 1.33. The van der Waals surface area contributed by atoms with E-state index in [1.54, 1.807) is 0 Å². The summed E-state index contributed by atoms with van der Waals surface area (Å²) in [4.78, 5) is 11.4. The third-order valence-electron chi connectivity index (χ3n) is 3.27. The fourth-order valence-electron chi connectivity index (χ4n) is 2.54. The first-order valence-electron chi connectivity index (χ1n) is 4.33. The molecule has 0 radical (unpaired) electrons. The van der Waals surface area contributed by atoms with Crippen LogP contribution in [-0.4, -0.2) is 5.78 Å². The molecule has 0 heterocycles. The molecule has 0 aromatic heterocycles. The maximum atomic E-state index is 11.4. The van der Waals surface area contributed by atoms with E-state index < -0.39 is 0 Å². The van der Waals surface area contributed by atoms with Crippen molar-refractivity contribution < 1.29 is 4.79 Å². The molecule has 0 N–H and O–H groups in total. The molecule has 2 fully saturated rings. The molecule has 3 atom stereocenters. The summed E-state index contributed by atoms with van der Waals surface area (Å²) < 4.78 is 0. The first-order valence-corrected chi connectivity index (χ1v) is 4.33. The van der Waals surface area contributed by atoms with Gasteiger partial charge in [0.05, 0.1) is 0 Å². The van der Waals surface area contributed by atoms with Crippen molar-refractivity contribution in [3.05, 3.63) is 0 Å². The average molecular weight is 138 g/mol. The van der Waals surface area contributed by atoms with E-state index in [4.69, 9.17) is 0 Å². The molecule has 0 amide bonds. The summed E-state index contributed by atoms with van der Waals surface area (Å²) in [6.45, 7) is 2.11. The van der Waals surface area contributed by atoms with Gasteiger partial charge in [0.2, 0.25) is 0 Å². The van der Waals surface area contributed by atoms with Crippen LogP contribution in [0.1, 0.15) is 32.6 Å². The number of rotatable bonds is 0. The summed E-state index contributed by atoms with van der Waals surface area (Å²) in [6.07, 6.45) is 4.99. The summed E-state index contributed by atoms with van der Waals surface area (Å²) in [5.41, 5.74) is 0. The Morgan fingerprint density at radius 1 is 1.40 bits per heavy atom. The minimum atomic E-state index is 0.396. The number of carbonyl (C=O) groups is 1. The second kappa shape index (κ2) is 2.08. The van der Waals surface area contributed by atoms with E-state index in [1.807, 2.05) is 0 Å². The lowest BCUT2D eigenvalue weighted by atomic mass is 9.88. The Labute approximate surface area is 61.8 Å². The number of fused-ring (bicyclic) bond motifs is 2. The highest BCUT2D eigenvalue weighted by atomic mass is 16.1. The van der Waals surface area contributed by atoms with Crippen molar-refractivity contribution >= 4 is 5.78 Å². The summed E-state index contributed by atoms with van der Waals surface area (Å²) in [5.74, 6) is 2.18. The molecule has 2 rings (SSSR count). The van der Waals surface area contributed by atoms with Crippen LogP contribution >= 0.6 is 0 Å². The van der Waals surface area contributed by atoms with Gasteiger partial charge in [-0.2, -0.15) is 0 Å². The van der Waals surface area contributed by atoms with E-state index in [2.05, 4.69) is 6.92 Å². The van der Waals surface area contributed by atoms with Crippen molar-refractivity contribution in [3.63, 3.8) is 0 Å². The normalized spacial score (nSPS) is 46.1. The summed E-state index contributed by atoms with van der Waals surface area (Å²) in [5, 5.41) is 0. The van der Waals surface area contributed by atoms with E-state index in [-0.39, 0.29) is 0 Å². The molecular weight excluding hydrogens is 124 g/mol. The molecule has 0 spiro atoms. The predicted molar refractivity (Wildman–Crippen MR) is 39.6 cm³/mol. The van der Waals surface area contributed by atoms with Crippen LogP contribution in [0.5, 0.6) is 0 Å². The highest BCUT2D eigenvalue weighted by Crippen LogP contribution is 2.42. The Hall–Kier alpha value is -0.330. The van der Waals surface area contributed by atoms with Gasteiger partial charge in [0, 0.05) is 11.8 Å². The monoisotopic (exact) mass is 138 g/mol. The van der Waals surface area contributed by atoms with Gasteiger partial charge in [-0.05, 0) is 25.2 Å². The predicted octanol–water partition coefficient (Wildman–Crippen LogP) is 2.01. The van der Waals surface area contributed by atoms with Crippen molar-refractivity contribution in [2.75, 3.05) is 0 Å². The zero-order valence-electron chi connectivity index (χ0n) is 6.47. The Morgan fingerprint density at radius 2 is 2.20 bits per heavy atom. The lowest BCUT2D eigenvalue weighted by Crippen LogP contribution is -2.10. The average Bonchev–Trinajstić information content (AvgIpc) is 2.17. The maximum absolute atomic E-state index is 11.4. The topological polar surface area (TPSA) is 17.1 Å². The number of hydrogen-bond acceptors (Lipinski definition) is 1. The van der Waals surface area contributed by atoms with Crippen molar-refractivity contribution in [1.82, 2.24) is 0 Å². The first-order chi connectivity index (χ1) is 4.79. The van der Waals surface area contributed by atoms with Crippen molar-refractivity contribution in [3.8, 4) is 0 Å². The van der Waals surface area contributed by atoms with Gasteiger partial charge in [-0.3, -0.25) is 4.79 Å². The molecule has 1 heteroatoms. The SMILES string of the molecule is C[C@H]1C(=O)[C@@H]2CCC[C@H]1C2. The van der Waals surface area contributed by atoms with Gasteiger partial charge >= 0.3 is 0 Å². The smallest absolute Gasteiger partial charge is 0.139 e. The van der Waals surface area contributed by atoms with Crippen LogP contribution < -0.4 is 0 Å². The highest BCUT2D eigenvalue weighted by Gasteiger charge is 2.41. The second-order valence-electron chi connectivity index (χ2n) is 3.81. The fourth-order valence-corrected chi connectivity index (χ4v) is 2.54. The quantitative estimate of drug-likeness (QED) is 0.500. The van der Waals surface area contributed by atoms with Crippen LogP contribution in [-0.2, 0) is 4.79 Å². The Balaban J connectivity index is 2.21. The maximum Gasteiger partial charge on any atom is 0.139 e. The standard InChI is InChI=1S/C9H14O/c1-6-7-3-2-4-8(5-7)9(6)10/h6-8H,2-5H2,1H3/t6-,7+,8-/m1/s1.